The Hall–Kier alpha value is -1.08. The van der Waals surface area contributed by atoms with Gasteiger partial charge in [-0.25, -0.2) is 0 Å². The van der Waals surface area contributed by atoms with Crippen LogP contribution < -0.4 is 0 Å². The van der Waals surface area contributed by atoms with Crippen molar-refractivity contribution in [1.29, 1.82) is 0 Å². The summed E-state index contributed by atoms with van der Waals surface area (Å²) < 4.78 is 5.22. The third-order valence-corrected chi connectivity index (χ3v) is 2.19. The fraction of sp³-hybridized carbons (Fsp3) is 0.333. The summed E-state index contributed by atoms with van der Waals surface area (Å²) in [5.41, 5.74) is 2.47. The van der Waals surface area contributed by atoms with Crippen molar-refractivity contribution in [3.8, 4) is 0 Å². The van der Waals surface area contributed by atoms with E-state index < -0.39 is 0 Å². The average molecular weight is 176 g/mol. The van der Waals surface area contributed by atoms with Gasteiger partial charge in [-0.1, -0.05) is 36.4 Å². The maximum Gasteiger partial charge on any atom is 0.0753 e. The van der Waals surface area contributed by atoms with Gasteiger partial charge < -0.3 is 4.74 Å². The molecular formula is C12H16O. The molecule has 0 bridgehead atoms. The molecule has 0 amide bonds. The van der Waals surface area contributed by atoms with E-state index in [1.54, 1.807) is 7.11 Å². The molecule has 0 spiro atoms. The van der Waals surface area contributed by atoms with E-state index in [0.717, 1.165) is 0 Å². The predicted octanol–water partition coefficient (Wildman–Crippen LogP) is 3.12. The van der Waals surface area contributed by atoms with Crippen LogP contribution in [0.4, 0.5) is 0 Å². The van der Waals surface area contributed by atoms with Crippen molar-refractivity contribution in [1.82, 2.24) is 0 Å². The smallest absolute Gasteiger partial charge is 0.0753 e. The lowest BCUT2D eigenvalue weighted by molar-refractivity contribution is 0.148. The molecule has 0 saturated heterocycles. The first-order chi connectivity index (χ1) is 6.24. The van der Waals surface area contributed by atoms with Crippen LogP contribution in [-0.4, -0.2) is 13.2 Å². The van der Waals surface area contributed by atoms with E-state index in [-0.39, 0.29) is 6.10 Å². The summed E-state index contributed by atoms with van der Waals surface area (Å²) in [5, 5.41) is 0. The fourth-order valence-corrected chi connectivity index (χ4v) is 1.12. The van der Waals surface area contributed by atoms with Gasteiger partial charge in [-0.2, -0.15) is 0 Å². The van der Waals surface area contributed by atoms with Crippen molar-refractivity contribution in [2.75, 3.05) is 7.11 Å². The molecule has 1 heteroatoms. The monoisotopic (exact) mass is 176 g/mol. The van der Waals surface area contributed by atoms with Crippen molar-refractivity contribution in [3.05, 3.63) is 41.5 Å². The molecule has 0 saturated carbocycles. The van der Waals surface area contributed by atoms with Crippen LogP contribution in [0.25, 0.3) is 6.08 Å². The van der Waals surface area contributed by atoms with E-state index in [2.05, 4.69) is 32.1 Å². The van der Waals surface area contributed by atoms with Gasteiger partial charge in [-0.05, 0) is 25.0 Å². The van der Waals surface area contributed by atoms with E-state index in [9.17, 15) is 0 Å². The third-order valence-electron chi connectivity index (χ3n) is 2.19. The molecule has 1 nitrogen and oxygen atoms in total. The highest BCUT2D eigenvalue weighted by molar-refractivity contribution is 5.52. The molecular weight excluding hydrogens is 160 g/mol. The Bertz CT molecular complexity index is 274. The van der Waals surface area contributed by atoms with Crippen molar-refractivity contribution in [2.24, 2.45) is 0 Å². The summed E-state index contributed by atoms with van der Waals surface area (Å²) in [6.07, 6.45) is 2.34. The van der Waals surface area contributed by atoms with Crippen LogP contribution in [0, 0.1) is 0 Å². The van der Waals surface area contributed by atoms with Crippen molar-refractivity contribution in [2.45, 2.75) is 20.0 Å². The molecule has 0 heterocycles. The summed E-state index contributed by atoms with van der Waals surface area (Å²) in [7, 11) is 1.73. The number of hydrogen-bond acceptors (Lipinski definition) is 1. The Morgan fingerprint density at radius 3 is 2.46 bits per heavy atom. The minimum atomic E-state index is 0.195. The lowest BCUT2D eigenvalue weighted by atomic mass is 10.1. The van der Waals surface area contributed by atoms with Gasteiger partial charge in [0.05, 0.1) is 6.10 Å². The van der Waals surface area contributed by atoms with Gasteiger partial charge in [-0.3, -0.25) is 0 Å². The van der Waals surface area contributed by atoms with Gasteiger partial charge in [0, 0.05) is 7.11 Å². The minimum Gasteiger partial charge on any atom is -0.377 e. The number of ether oxygens (including phenoxy) is 1. The number of rotatable bonds is 3. The van der Waals surface area contributed by atoms with Gasteiger partial charge in [0.2, 0.25) is 0 Å². The van der Waals surface area contributed by atoms with Crippen molar-refractivity contribution < 1.29 is 4.74 Å². The van der Waals surface area contributed by atoms with E-state index in [1.165, 1.54) is 11.1 Å². The number of hydrogen-bond donors (Lipinski definition) is 0. The average Bonchev–Trinajstić information content (AvgIpc) is 2.18. The van der Waals surface area contributed by atoms with Crippen LogP contribution in [0.2, 0.25) is 0 Å². The topological polar surface area (TPSA) is 9.23 Å². The number of benzene rings is 1. The zero-order chi connectivity index (χ0) is 9.68. The van der Waals surface area contributed by atoms with Crippen LogP contribution in [0.5, 0.6) is 0 Å². The predicted molar refractivity (Wildman–Crippen MR) is 56.6 cm³/mol. The van der Waals surface area contributed by atoms with Crippen molar-refractivity contribution in [3.63, 3.8) is 0 Å². The Morgan fingerprint density at radius 2 is 1.92 bits per heavy atom. The van der Waals surface area contributed by atoms with Gasteiger partial charge in [-0.15, -0.1) is 0 Å². The maximum atomic E-state index is 5.22. The molecule has 0 aliphatic rings. The molecule has 1 aromatic rings. The van der Waals surface area contributed by atoms with Gasteiger partial charge in [0.25, 0.3) is 0 Å². The summed E-state index contributed by atoms with van der Waals surface area (Å²) in [5.74, 6) is 0. The number of methoxy groups -OCH3 is 1. The Labute approximate surface area is 80.0 Å². The molecule has 1 rings (SSSR count). The SMILES string of the molecule is COC(C)/C(C)=C/c1ccccc1. The second-order valence-corrected chi connectivity index (χ2v) is 3.18. The maximum absolute atomic E-state index is 5.22. The zero-order valence-electron chi connectivity index (χ0n) is 8.45. The molecule has 0 aliphatic heterocycles. The Morgan fingerprint density at radius 1 is 1.31 bits per heavy atom. The first kappa shape index (κ1) is 10.0. The second kappa shape index (κ2) is 4.83. The van der Waals surface area contributed by atoms with E-state index >= 15 is 0 Å². The molecule has 1 unspecified atom stereocenters. The molecule has 0 aliphatic carbocycles. The highest BCUT2D eigenvalue weighted by atomic mass is 16.5. The molecule has 0 radical (unpaired) electrons. The Kier molecular flexibility index (Phi) is 3.71. The van der Waals surface area contributed by atoms with E-state index in [1.807, 2.05) is 18.2 Å². The van der Waals surface area contributed by atoms with Crippen LogP contribution in [0.3, 0.4) is 0 Å². The van der Waals surface area contributed by atoms with E-state index in [0.29, 0.717) is 0 Å². The summed E-state index contributed by atoms with van der Waals surface area (Å²) in [4.78, 5) is 0. The highest BCUT2D eigenvalue weighted by Gasteiger charge is 2.00. The first-order valence-electron chi connectivity index (χ1n) is 4.50. The normalized spacial score (nSPS) is 14.2. The highest BCUT2D eigenvalue weighted by Crippen LogP contribution is 2.10. The van der Waals surface area contributed by atoms with Crippen LogP contribution >= 0.6 is 0 Å². The minimum absolute atomic E-state index is 0.195. The summed E-state index contributed by atoms with van der Waals surface area (Å²) >= 11 is 0. The molecule has 0 fully saturated rings. The second-order valence-electron chi connectivity index (χ2n) is 3.18. The van der Waals surface area contributed by atoms with Gasteiger partial charge in [0.15, 0.2) is 0 Å². The van der Waals surface area contributed by atoms with Crippen LogP contribution in [0.1, 0.15) is 19.4 Å². The van der Waals surface area contributed by atoms with Crippen LogP contribution in [0.15, 0.2) is 35.9 Å². The summed E-state index contributed by atoms with van der Waals surface area (Å²) in [6, 6.07) is 10.3. The quantitative estimate of drug-likeness (QED) is 0.687. The van der Waals surface area contributed by atoms with Gasteiger partial charge >= 0.3 is 0 Å². The molecule has 1 aromatic carbocycles. The lowest BCUT2D eigenvalue weighted by Gasteiger charge is -2.09. The van der Waals surface area contributed by atoms with Crippen molar-refractivity contribution >= 4 is 6.08 Å². The molecule has 13 heavy (non-hydrogen) atoms. The zero-order valence-corrected chi connectivity index (χ0v) is 8.45. The molecule has 1 atom stereocenters. The lowest BCUT2D eigenvalue weighted by Crippen LogP contribution is -2.05. The molecule has 0 N–H and O–H groups in total. The third kappa shape index (κ3) is 3.03. The van der Waals surface area contributed by atoms with Gasteiger partial charge in [0.1, 0.15) is 0 Å². The largest absolute Gasteiger partial charge is 0.377 e. The van der Waals surface area contributed by atoms with E-state index in [4.69, 9.17) is 4.74 Å². The fourth-order valence-electron chi connectivity index (χ4n) is 1.12. The van der Waals surface area contributed by atoms with Crippen LogP contribution in [-0.2, 0) is 4.74 Å². The first-order valence-corrected chi connectivity index (χ1v) is 4.50. The standard InChI is InChI=1S/C12H16O/c1-10(11(2)13-3)9-12-7-5-4-6-8-12/h4-9,11H,1-3H3/b10-9+. The Balaban J connectivity index is 2.77. The molecule has 70 valence electrons. The molecule has 0 aromatic heterocycles. The summed E-state index contributed by atoms with van der Waals surface area (Å²) in [6.45, 7) is 4.13.